The van der Waals surface area contributed by atoms with Crippen molar-refractivity contribution in [2.45, 2.75) is 19.8 Å². The van der Waals surface area contributed by atoms with Gasteiger partial charge in [0.25, 0.3) is 0 Å². The first-order valence-corrected chi connectivity index (χ1v) is 6.80. The lowest BCUT2D eigenvalue weighted by molar-refractivity contribution is 0.313. The molecule has 2 rings (SSSR count). The largest absolute Gasteiger partial charge is 0.369 e. The highest BCUT2D eigenvalue weighted by Crippen LogP contribution is 2.25. The molecule has 1 aliphatic heterocycles. The fourth-order valence-electron chi connectivity index (χ4n) is 2.28. The molecule has 0 spiro atoms. The molecule has 1 fully saturated rings. The molecule has 0 bridgehead atoms. The van der Waals surface area contributed by atoms with Crippen LogP contribution in [0.2, 0.25) is 5.02 Å². The van der Waals surface area contributed by atoms with E-state index >= 15 is 0 Å². The van der Waals surface area contributed by atoms with E-state index in [-0.39, 0.29) is 0 Å². The summed E-state index contributed by atoms with van der Waals surface area (Å²) in [6.07, 6.45) is 2.21. The Morgan fingerprint density at radius 1 is 1.18 bits per heavy atom. The number of hydrogen-bond acceptors (Lipinski definition) is 2. The molecular formula is C14H21ClN2. The number of nitrogens with zero attached hydrogens (tertiary/aromatic N) is 2. The van der Waals surface area contributed by atoms with Crippen molar-refractivity contribution in [1.82, 2.24) is 4.90 Å². The van der Waals surface area contributed by atoms with Crippen LogP contribution >= 0.6 is 11.6 Å². The fraction of sp³-hybridized carbons (Fsp3) is 0.571. The van der Waals surface area contributed by atoms with Gasteiger partial charge in [-0.25, -0.2) is 0 Å². The van der Waals surface area contributed by atoms with E-state index in [9.17, 15) is 0 Å². The summed E-state index contributed by atoms with van der Waals surface area (Å²) in [6, 6.07) is 6.45. The number of anilines is 1. The first-order valence-electron chi connectivity index (χ1n) is 6.42. The van der Waals surface area contributed by atoms with Crippen molar-refractivity contribution in [2.24, 2.45) is 0 Å². The van der Waals surface area contributed by atoms with Crippen molar-refractivity contribution in [1.29, 1.82) is 0 Å². The van der Waals surface area contributed by atoms with Crippen LogP contribution in [-0.4, -0.2) is 38.1 Å². The molecule has 1 aromatic rings. The minimum absolute atomic E-state index is 0.907. The van der Waals surface area contributed by atoms with Crippen molar-refractivity contribution < 1.29 is 0 Å². The van der Waals surface area contributed by atoms with Crippen LogP contribution in [0.3, 0.4) is 0 Å². The summed E-state index contributed by atoms with van der Waals surface area (Å²) in [6.45, 7) is 6.71. The van der Waals surface area contributed by atoms with Crippen LogP contribution in [0, 0.1) is 0 Å². The molecular weight excluding hydrogens is 232 g/mol. The van der Waals surface area contributed by atoms with Gasteiger partial charge in [-0.15, -0.1) is 0 Å². The van der Waals surface area contributed by atoms with Crippen molar-refractivity contribution in [2.75, 3.05) is 38.1 Å². The molecule has 0 saturated carbocycles. The van der Waals surface area contributed by atoms with Gasteiger partial charge in [-0.05, 0) is 37.2 Å². The molecule has 3 heteroatoms. The van der Waals surface area contributed by atoms with E-state index in [2.05, 4.69) is 35.9 Å². The van der Waals surface area contributed by atoms with Crippen LogP contribution in [-0.2, 0) is 6.42 Å². The maximum absolute atomic E-state index is 6.21. The van der Waals surface area contributed by atoms with Gasteiger partial charge in [0.1, 0.15) is 0 Å². The molecule has 0 aliphatic carbocycles. The van der Waals surface area contributed by atoms with E-state index in [1.54, 1.807) is 0 Å². The van der Waals surface area contributed by atoms with Gasteiger partial charge >= 0.3 is 0 Å². The van der Waals surface area contributed by atoms with Crippen LogP contribution in [0.4, 0.5) is 5.69 Å². The SMILES string of the molecule is CCCc1cc(N2CCN(C)CC2)ccc1Cl. The number of halogens is 1. The van der Waals surface area contributed by atoms with E-state index in [1.165, 1.54) is 11.3 Å². The number of aryl methyl sites for hydroxylation is 1. The number of likely N-dealkylation sites (N-methyl/N-ethyl adjacent to an activating group) is 1. The van der Waals surface area contributed by atoms with Crippen LogP contribution in [0.1, 0.15) is 18.9 Å². The Kier molecular flexibility index (Phi) is 4.30. The van der Waals surface area contributed by atoms with Crippen molar-refractivity contribution in [3.8, 4) is 0 Å². The van der Waals surface area contributed by atoms with Gasteiger partial charge in [-0.2, -0.15) is 0 Å². The van der Waals surface area contributed by atoms with E-state index < -0.39 is 0 Å². The summed E-state index contributed by atoms with van der Waals surface area (Å²) >= 11 is 6.21. The number of piperazine rings is 1. The Morgan fingerprint density at radius 2 is 1.88 bits per heavy atom. The third-order valence-electron chi connectivity index (χ3n) is 3.42. The fourth-order valence-corrected chi connectivity index (χ4v) is 2.50. The number of benzene rings is 1. The van der Waals surface area contributed by atoms with E-state index in [4.69, 9.17) is 11.6 Å². The monoisotopic (exact) mass is 252 g/mol. The molecule has 17 heavy (non-hydrogen) atoms. The summed E-state index contributed by atoms with van der Waals surface area (Å²) in [5.41, 5.74) is 2.61. The summed E-state index contributed by atoms with van der Waals surface area (Å²) in [7, 11) is 2.18. The highest BCUT2D eigenvalue weighted by molar-refractivity contribution is 6.31. The van der Waals surface area contributed by atoms with Crippen LogP contribution in [0.15, 0.2) is 18.2 Å². The third-order valence-corrected chi connectivity index (χ3v) is 3.79. The highest BCUT2D eigenvalue weighted by atomic mass is 35.5. The Bertz CT molecular complexity index is 370. The summed E-state index contributed by atoms with van der Waals surface area (Å²) in [5, 5.41) is 0.907. The minimum Gasteiger partial charge on any atom is -0.369 e. The Balaban J connectivity index is 2.12. The Labute approximate surface area is 109 Å². The maximum Gasteiger partial charge on any atom is 0.0439 e. The van der Waals surface area contributed by atoms with Gasteiger partial charge < -0.3 is 9.80 Å². The van der Waals surface area contributed by atoms with Crippen molar-refractivity contribution >= 4 is 17.3 Å². The first kappa shape index (κ1) is 12.7. The second-order valence-corrected chi connectivity index (χ2v) is 5.22. The quantitative estimate of drug-likeness (QED) is 0.816. The lowest BCUT2D eigenvalue weighted by Gasteiger charge is -2.34. The van der Waals surface area contributed by atoms with Crippen molar-refractivity contribution in [3.63, 3.8) is 0 Å². The number of hydrogen-bond donors (Lipinski definition) is 0. The predicted molar refractivity (Wildman–Crippen MR) is 75.2 cm³/mol. The molecule has 2 nitrogen and oxygen atoms in total. The first-order chi connectivity index (χ1) is 8.20. The summed E-state index contributed by atoms with van der Waals surface area (Å²) < 4.78 is 0. The third kappa shape index (κ3) is 3.14. The molecule has 0 amide bonds. The molecule has 0 aromatic heterocycles. The standard InChI is InChI=1S/C14H21ClN2/c1-3-4-12-11-13(5-6-14(12)15)17-9-7-16(2)8-10-17/h5-6,11H,3-4,7-10H2,1-2H3. The van der Waals surface area contributed by atoms with Gasteiger partial charge in [-0.3, -0.25) is 0 Å². The zero-order chi connectivity index (χ0) is 12.3. The average Bonchev–Trinajstić information content (AvgIpc) is 2.33. The van der Waals surface area contributed by atoms with E-state index in [0.29, 0.717) is 0 Å². The van der Waals surface area contributed by atoms with Gasteiger partial charge in [0.05, 0.1) is 0 Å². The van der Waals surface area contributed by atoms with Crippen LogP contribution in [0.25, 0.3) is 0 Å². The smallest absolute Gasteiger partial charge is 0.0439 e. The van der Waals surface area contributed by atoms with Gasteiger partial charge in [0.15, 0.2) is 0 Å². The van der Waals surface area contributed by atoms with Crippen molar-refractivity contribution in [3.05, 3.63) is 28.8 Å². The van der Waals surface area contributed by atoms with E-state index in [0.717, 1.165) is 44.0 Å². The zero-order valence-corrected chi connectivity index (χ0v) is 11.5. The molecule has 94 valence electrons. The average molecular weight is 253 g/mol. The maximum atomic E-state index is 6.21. The van der Waals surface area contributed by atoms with Crippen LogP contribution in [0.5, 0.6) is 0 Å². The molecule has 0 unspecified atom stereocenters. The summed E-state index contributed by atoms with van der Waals surface area (Å²) in [5.74, 6) is 0. The second-order valence-electron chi connectivity index (χ2n) is 4.82. The van der Waals surface area contributed by atoms with Gasteiger partial charge in [0, 0.05) is 36.9 Å². The normalized spacial score (nSPS) is 17.5. The topological polar surface area (TPSA) is 6.48 Å². The lowest BCUT2D eigenvalue weighted by Crippen LogP contribution is -2.44. The molecule has 1 aliphatic rings. The van der Waals surface area contributed by atoms with Crippen LogP contribution < -0.4 is 4.90 Å². The number of rotatable bonds is 3. The van der Waals surface area contributed by atoms with Gasteiger partial charge in [0.2, 0.25) is 0 Å². The highest BCUT2D eigenvalue weighted by Gasteiger charge is 2.14. The summed E-state index contributed by atoms with van der Waals surface area (Å²) in [4.78, 5) is 4.83. The molecule has 0 radical (unpaired) electrons. The second kappa shape index (κ2) is 5.74. The molecule has 1 heterocycles. The van der Waals surface area contributed by atoms with Gasteiger partial charge in [-0.1, -0.05) is 24.9 Å². The molecule has 1 saturated heterocycles. The molecule has 0 N–H and O–H groups in total. The zero-order valence-electron chi connectivity index (χ0n) is 10.7. The minimum atomic E-state index is 0.907. The lowest BCUT2D eigenvalue weighted by atomic mass is 10.1. The Morgan fingerprint density at radius 3 is 2.53 bits per heavy atom. The Hall–Kier alpha value is -0.730. The molecule has 1 aromatic carbocycles. The van der Waals surface area contributed by atoms with E-state index in [1.807, 2.05) is 6.07 Å². The predicted octanol–water partition coefficient (Wildman–Crippen LogP) is 3.04. The molecule has 0 atom stereocenters.